The molecule has 104 valence electrons. The molecular weight excluding hydrogens is 272 g/mol. The predicted octanol–water partition coefficient (Wildman–Crippen LogP) is 2.75. The molecule has 0 aromatic carbocycles. The topological polar surface area (TPSA) is 76.6 Å². The molecule has 0 aliphatic heterocycles. The van der Waals surface area contributed by atoms with Gasteiger partial charge in [-0.05, 0) is 36.4 Å². The lowest BCUT2D eigenvalue weighted by atomic mass is 10.3. The number of amides is 2. The zero-order valence-corrected chi connectivity index (χ0v) is 10.8. The van der Waals surface area contributed by atoms with Gasteiger partial charge >= 0.3 is 11.8 Å². The van der Waals surface area contributed by atoms with E-state index in [0.717, 1.165) is 4.90 Å². The number of rotatable bonds is 3. The average molecular weight is 282 g/mol. The van der Waals surface area contributed by atoms with Crippen LogP contribution in [0, 0.1) is 0 Å². The third-order valence-electron chi connectivity index (χ3n) is 2.75. The highest BCUT2D eigenvalue weighted by Crippen LogP contribution is 2.18. The van der Waals surface area contributed by atoms with Crippen LogP contribution in [-0.2, 0) is 0 Å². The Labute approximate surface area is 119 Å². The SMILES string of the molecule is O=C(c1ccco1)N(C(=O)c1ccco1)c1ccccn1. The zero-order chi connectivity index (χ0) is 14.7. The van der Waals surface area contributed by atoms with Crippen molar-refractivity contribution in [3.05, 3.63) is 72.7 Å². The van der Waals surface area contributed by atoms with Crippen LogP contribution < -0.4 is 4.90 Å². The van der Waals surface area contributed by atoms with E-state index in [4.69, 9.17) is 8.83 Å². The largest absolute Gasteiger partial charge is 0.459 e. The van der Waals surface area contributed by atoms with Gasteiger partial charge in [-0.2, -0.15) is 0 Å². The van der Waals surface area contributed by atoms with Crippen LogP contribution in [0.1, 0.15) is 21.1 Å². The van der Waals surface area contributed by atoms with Crippen LogP contribution >= 0.6 is 0 Å². The Hall–Kier alpha value is -3.15. The summed E-state index contributed by atoms with van der Waals surface area (Å²) in [5.74, 6) is -0.943. The van der Waals surface area contributed by atoms with Crippen LogP contribution in [0.15, 0.2) is 70.0 Å². The number of hydrogen-bond donors (Lipinski definition) is 0. The second-order valence-corrected chi connectivity index (χ2v) is 4.09. The molecule has 3 rings (SSSR count). The molecule has 0 saturated heterocycles. The maximum absolute atomic E-state index is 12.5. The van der Waals surface area contributed by atoms with Crippen LogP contribution in [0.4, 0.5) is 5.82 Å². The highest BCUT2D eigenvalue weighted by atomic mass is 16.3. The fraction of sp³-hybridized carbons (Fsp3) is 0. The highest BCUT2D eigenvalue weighted by molar-refractivity contribution is 6.23. The summed E-state index contributed by atoms with van der Waals surface area (Å²) in [6.07, 6.45) is 4.22. The van der Waals surface area contributed by atoms with E-state index in [1.807, 2.05) is 0 Å². The zero-order valence-electron chi connectivity index (χ0n) is 10.8. The molecule has 0 unspecified atom stereocenters. The van der Waals surface area contributed by atoms with Crippen LogP contribution in [0.25, 0.3) is 0 Å². The van der Waals surface area contributed by atoms with Crippen molar-refractivity contribution in [2.45, 2.75) is 0 Å². The summed E-state index contributed by atoms with van der Waals surface area (Å²) in [5.41, 5.74) is 0. The third kappa shape index (κ3) is 2.46. The number of anilines is 1. The summed E-state index contributed by atoms with van der Waals surface area (Å²) in [6, 6.07) is 11.0. The minimum Gasteiger partial charge on any atom is -0.459 e. The van der Waals surface area contributed by atoms with Gasteiger partial charge < -0.3 is 8.83 Å². The summed E-state index contributed by atoms with van der Waals surface area (Å²) in [6.45, 7) is 0. The average Bonchev–Trinajstić information content (AvgIpc) is 3.22. The van der Waals surface area contributed by atoms with Crippen molar-refractivity contribution in [1.29, 1.82) is 0 Å². The normalized spacial score (nSPS) is 10.3. The van der Waals surface area contributed by atoms with Crippen molar-refractivity contribution in [1.82, 2.24) is 4.98 Å². The molecule has 3 aromatic heterocycles. The minimum absolute atomic E-state index is 0.0422. The Morgan fingerprint density at radius 1 is 0.857 bits per heavy atom. The standard InChI is InChI=1S/C15H10N2O4/c18-14(11-5-3-9-20-11)17(13-7-1-2-8-16-13)15(19)12-6-4-10-21-12/h1-10H. The minimum atomic E-state index is -0.611. The summed E-state index contributed by atoms with van der Waals surface area (Å²) in [5, 5.41) is 0. The Bertz CT molecular complexity index is 687. The van der Waals surface area contributed by atoms with Gasteiger partial charge in [0.2, 0.25) is 0 Å². The number of imide groups is 1. The third-order valence-corrected chi connectivity index (χ3v) is 2.75. The Morgan fingerprint density at radius 3 is 1.90 bits per heavy atom. The lowest BCUT2D eigenvalue weighted by molar-refractivity contribution is 0.0866. The fourth-order valence-corrected chi connectivity index (χ4v) is 1.81. The van der Waals surface area contributed by atoms with Gasteiger partial charge in [0.25, 0.3) is 0 Å². The number of carbonyl (C=O) groups is 2. The molecular formula is C15H10N2O4. The fourth-order valence-electron chi connectivity index (χ4n) is 1.81. The molecule has 0 atom stereocenters. The molecule has 0 radical (unpaired) electrons. The number of hydrogen-bond acceptors (Lipinski definition) is 5. The number of pyridine rings is 1. The van der Waals surface area contributed by atoms with E-state index in [1.165, 1.54) is 30.9 Å². The number of aromatic nitrogens is 1. The van der Waals surface area contributed by atoms with E-state index in [1.54, 1.807) is 30.3 Å². The van der Waals surface area contributed by atoms with Gasteiger partial charge in [-0.25, -0.2) is 9.88 Å². The first-order valence-corrected chi connectivity index (χ1v) is 6.14. The maximum atomic E-state index is 12.5. The van der Waals surface area contributed by atoms with E-state index in [0.29, 0.717) is 0 Å². The smallest absolute Gasteiger partial charge is 0.302 e. The van der Waals surface area contributed by atoms with Crippen molar-refractivity contribution in [3.63, 3.8) is 0 Å². The molecule has 2 amide bonds. The van der Waals surface area contributed by atoms with E-state index >= 15 is 0 Å². The molecule has 0 aliphatic rings. The summed E-state index contributed by atoms with van der Waals surface area (Å²) < 4.78 is 10.1. The van der Waals surface area contributed by atoms with Crippen molar-refractivity contribution < 1.29 is 18.4 Å². The van der Waals surface area contributed by atoms with Gasteiger partial charge in [-0.15, -0.1) is 0 Å². The first-order valence-electron chi connectivity index (χ1n) is 6.14. The Kier molecular flexibility index (Phi) is 3.34. The molecule has 3 aromatic rings. The second kappa shape index (κ2) is 5.46. The maximum Gasteiger partial charge on any atom is 0.302 e. The predicted molar refractivity (Wildman–Crippen MR) is 72.8 cm³/mol. The molecule has 0 saturated carbocycles. The van der Waals surface area contributed by atoms with Crippen molar-refractivity contribution >= 4 is 17.6 Å². The van der Waals surface area contributed by atoms with Gasteiger partial charge in [-0.1, -0.05) is 6.07 Å². The van der Waals surface area contributed by atoms with Crippen LogP contribution in [0.3, 0.4) is 0 Å². The molecule has 3 heterocycles. The van der Waals surface area contributed by atoms with Crippen molar-refractivity contribution in [2.24, 2.45) is 0 Å². The monoisotopic (exact) mass is 282 g/mol. The van der Waals surface area contributed by atoms with Crippen molar-refractivity contribution in [3.8, 4) is 0 Å². The van der Waals surface area contributed by atoms with Gasteiger partial charge in [-0.3, -0.25) is 9.59 Å². The van der Waals surface area contributed by atoms with Crippen molar-refractivity contribution in [2.75, 3.05) is 4.90 Å². The molecule has 6 heteroatoms. The highest BCUT2D eigenvalue weighted by Gasteiger charge is 2.30. The number of nitrogens with zero attached hydrogens (tertiary/aromatic N) is 2. The second-order valence-electron chi connectivity index (χ2n) is 4.09. The van der Waals surface area contributed by atoms with Crippen LogP contribution in [-0.4, -0.2) is 16.8 Å². The van der Waals surface area contributed by atoms with Gasteiger partial charge in [0.15, 0.2) is 11.5 Å². The lowest BCUT2D eigenvalue weighted by Gasteiger charge is -2.17. The van der Waals surface area contributed by atoms with Crippen LogP contribution in [0.2, 0.25) is 0 Å². The Balaban J connectivity index is 2.03. The number of carbonyl (C=O) groups excluding carboxylic acids is 2. The number of furan rings is 2. The van der Waals surface area contributed by atoms with Gasteiger partial charge in [0.1, 0.15) is 5.82 Å². The molecule has 0 fully saturated rings. The summed E-state index contributed by atoms with van der Waals surface area (Å²) in [7, 11) is 0. The molecule has 21 heavy (non-hydrogen) atoms. The summed E-state index contributed by atoms with van der Waals surface area (Å²) in [4.78, 5) is 29.9. The van der Waals surface area contributed by atoms with Crippen LogP contribution in [0.5, 0.6) is 0 Å². The van der Waals surface area contributed by atoms with E-state index < -0.39 is 11.8 Å². The summed E-state index contributed by atoms with van der Waals surface area (Å²) >= 11 is 0. The van der Waals surface area contributed by atoms with E-state index in [2.05, 4.69) is 4.98 Å². The Morgan fingerprint density at radius 2 is 1.48 bits per heavy atom. The molecule has 6 nitrogen and oxygen atoms in total. The molecule has 0 aliphatic carbocycles. The van der Waals surface area contributed by atoms with E-state index in [-0.39, 0.29) is 17.3 Å². The first kappa shape index (κ1) is 12.9. The van der Waals surface area contributed by atoms with Gasteiger partial charge in [0, 0.05) is 6.20 Å². The van der Waals surface area contributed by atoms with Gasteiger partial charge in [0.05, 0.1) is 12.5 Å². The quantitative estimate of drug-likeness (QED) is 0.690. The molecule has 0 bridgehead atoms. The molecule has 0 spiro atoms. The molecule has 0 N–H and O–H groups in total. The lowest BCUT2D eigenvalue weighted by Crippen LogP contribution is -2.37. The first-order chi connectivity index (χ1) is 10.3. The van der Waals surface area contributed by atoms with E-state index in [9.17, 15) is 9.59 Å².